The summed E-state index contributed by atoms with van der Waals surface area (Å²) in [6.45, 7) is 3.62. The monoisotopic (exact) mass is 366 g/mol. The summed E-state index contributed by atoms with van der Waals surface area (Å²) in [5.74, 6) is 0.340. The zero-order chi connectivity index (χ0) is 18.7. The summed E-state index contributed by atoms with van der Waals surface area (Å²) in [4.78, 5) is 16.7. The van der Waals surface area contributed by atoms with Gasteiger partial charge in [-0.05, 0) is 55.6 Å². The molecule has 2 heterocycles. The number of ether oxygens (including phenoxy) is 1. The lowest BCUT2D eigenvalue weighted by Gasteiger charge is -2.42. The van der Waals surface area contributed by atoms with E-state index in [0.717, 1.165) is 44.6 Å². The maximum absolute atomic E-state index is 12.4. The molecule has 0 aliphatic carbocycles. The Morgan fingerprint density at radius 1 is 1.00 bits per heavy atom. The summed E-state index contributed by atoms with van der Waals surface area (Å²) in [6.07, 6.45) is 2.94. The molecule has 4 rings (SSSR count). The maximum Gasteiger partial charge on any atom is 0.253 e. The molecule has 1 N–H and O–H groups in total. The molecule has 0 bridgehead atoms. The first-order valence-corrected chi connectivity index (χ1v) is 9.63. The molecule has 0 saturated carbocycles. The van der Waals surface area contributed by atoms with E-state index in [2.05, 4.69) is 4.90 Å². The SMILES string of the molecule is O=C1COC2(CCCN(Cc3ccc(O)cc3)CC2)CN1c1ccccc1. The highest BCUT2D eigenvalue weighted by Gasteiger charge is 2.41. The lowest BCUT2D eigenvalue weighted by Crippen LogP contribution is -2.55. The van der Waals surface area contributed by atoms with Crippen LogP contribution in [0.5, 0.6) is 5.75 Å². The number of phenols is 1. The van der Waals surface area contributed by atoms with Crippen LogP contribution in [0.3, 0.4) is 0 Å². The lowest BCUT2D eigenvalue weighted by molar-refractivity contribution is -0.140. The number of hydrogen-bond donors (Lipinski definition) is 1. The zero-order valence-corrected chi connectivity index (χ0v) is 15.5. The molecule has 1 atom stereocenters. The predicted octanol–water partition coefficient (Wildman–Crippen LogP) is 3.18. The molecule has 142 valence electrons. The Bertz CT molecular complexity index is 778. The Labute approximate surface area is 160 Å². The first-order chi connectivity index (χ1) is 13.1. The maximum atomic E-state index is 12.4. The summed E-state index contributed by atoms with van der Waals surface area (Å²) in [6, 6.07) is 17.3. The lowest BCUT2D eigenvalue weighted by atomic mass is 9.92. The van der Waals surface area contributed by atoms with E-state index >= 15 is 0 Å². The van der Waals surface area contributed by atoms with E-state index in [1.165, 1.54) is 5.56 Å². The molecule has 5 nitrogen and oxygen atoms in total. The third kappa shape index (κ3) is 4.15. The number of carbonyl (C=O) groups excluding carboxylic acids is 1. The van der Waals surface area contributed by atoms with Crippen molar-refractivity contribution in [1.82, 2.24) is 4.90 Å². The Kier molecular flexibility index (Phi) is 5.14. The fourth-order valence-electron chi connectivity index (χ4n) is 4.10. The zero-order valence-electron chi connectivity index (χ0n) is 15.5. The van der Waals surface area contributed by atoms with Crippen molar-refractivity contribution in [3.8, 4) is 5.75 Å². The first-order valence-electron chi connectivity index (χ1n) is 9.63. The van der Waals surface area contributed by atoms with E-state index in [9.17, 15) is 9.90 Å². The third-order valence-corrected chi connectivity index (χ3v) is 5.65. The minimum atomic E-state index is -0.256. The van der Waals surface area contributed by atoms with Crippen molar-refractivity contribution in [2.75, 3.05) is 31.1 Å². The molecule has 27 heavy (non-hydrogen) atoms. The second-order valence-corrected chi connectivity index (χ2v) is 7.58. The van der Waals surface area contributed by atoms with Crippen molar-refractivity contribution in [2.24, 2.45) is 0 Å². The topological polar surface area (TPSA) is 53.0 Å². The molecule has 2 aromatic rings. The molecule has 2 aliphatic heterocycles. The smallest absolute Gasteiger partial charge is 0.253 e. The average Bonchev–Trinajstić information content (AvgIpc) is 2.89. The van der Waals surface area contributed by atoms with E-state index in [4.69, 9.17) is 4.74 Å². The van der Waals surface area contributed by atoms with Gasteiger partial charge in [0.1, 0.15) is 12.4 Å². The van der Waals surface area contributed by atoms with Crippen LogP contribution in [0.25, 0.3) is 0 Å². The van der Waals surface area contributed by atoms with Crippen molar-refractivity contribution < 1.29 is 14.6 Å². The number of para-hydroxylation sites is 1. The van der Waals surface area contributed by atoms with Crippen LogP contribution in [-0.2, 0) is 16.1 Å². The van der Waals surface area contributed by atoms with Gasteiger partial charge < -0.3 is 14.7 Å². The van der Waals surface area contributed by atoms with Crippen molar-refractivity contribution in [3.05, 3.63) is 60.2 Å². The fourth-order valence-corrected chi connectivity index (χ4v) is 4.10. The number of aromatic hydroxyl groups is 1. The van der Waals surface area contributed by atoms with Crippen LogP contribution in [0.15, 0.2) is 54.6 Å². The Balaban J connectivity index is 1.43. The third-order valence-electron chi connectivity index (χ3n) is 5.65. The Morgan fingerprint density at radius 2 is 1.78 bits per heavy atom. The van der Waals surface area contributed by atoms with Gasteiger partial charge in [-0.2, -0.15) is 0 Å². The van der Waals surface area contributed by atoms with E-state index in [1.54, 1.807) is 12.1 Å². The van der Waals surface area contributed by atoms with Gasteiger partial charge >= 0.3 is 0 Å². The molecule has 1 spiro atoms. The van der Waals surface area contributed by atoms with Gasteiger partial charge in [0.05, 0.1) is 12.1 Å². The standard InChI is InChI=1S/C22H26N2O3/c25-20-9-7-18(8-10-20)15-23-13-4-11-22(12-14-23)17-24(21(26)16-27-22)19-5-2-1-3-6-19/h1-3,5-10,25H,4,11-17H2. The molecular formula is C22H26N2O3. The number of carbonyl (C=O) groups is 1. The summed E-state index contributed by atoms with van der Waals surface area (Å²) >= 11 is 0. The van der Waals surface area contributed by atoms with E-state index in [1.807, 2.05) is 47.4 Å². The van der Waals surface area contributed by atoms with Crippen LogP contribution in [0.2, 0.25) is 0 Å². The minimum absolute atomic E-state index is 0.0389. The summed E-state index contributed by atoms with van der Waals surface area (Å²) in [5, 5.41) is 9.45. The fraction of sp³-hybridized carbons (Fsp3) is 0.409. The highest BCUT2D eigenvalue weighted by Crippen LogP contribution is 2.33. The van der Waals surface area contributed by atoms with Crippen molar-refractivity contribution in [1.29, 1.82) is 0 Å². The van der Waals surface area contributed by atoms with Gasteiger partial charge in [0.2, 0.25) is 0 Å². The summed E-state index contributed by atoms with van der Waals surface area (Å²) in [7, 11) is 0. The average molecular weight is 366 g/mol. The number of morpholine rings is 1. The van der Waals surface area contributed by atoms with Crippen molar-refractivity contribution in [3.63, 3.8) is 0 Å². The summed E-state index contributed by atoms with van der Waals surface area (Å²) in [5.41, 5.74) is 1.90. The number of nitrogens with zero attached hydrogens (tertiary/aromatic N) is 2. The molecule has 2 saturated heterocycles. The summed E-state index contributed by atoms with van der Waals surface area (Å²) < 4.78 is 6.11. The van der Waals surface area contributed by atoms with Gasteiger partial charge in [-0.15, -0.1) is 0 Å². The quantitative estimate of drug-likeness (QED) is 0.907. The normalized spacial score (nSPS) is 24.1. The number of rotatable bonds is 3. The van der Waals surface area contributed by atoms with Gasteiger partial charge in [0.15, 0.2) is 0 Å². The minimum Gasteiger partial charge on any atom is -0.508 e. The molecule has 5 heteroatoms. The molecule has 2 aliphatic rings. The van der Waals surface area contributed by atoms with Gasteiger partial charge in [-0.25, -0.2) is 0 Å². The number of phenolic OH excluding ortho intramolecular Hbond substituents is 1. The van der Waals surface area contributed by atoms with E-state index < -0.39 is 0 Å². The van der Waals surface area contributed by atoms with Crippen molar-refractivity contribution >= 4 is 11.6 Å². The van der Waals surface area contributed by atoms with Crippen LogP contribution < -0.4 is 4.90 Å². The van der Waals surface area contributed by atoms with Crippen LogP contribution in [-0.4, -0.2) is 47.8 Å². The molecule has 1 amide bonds. The number of likely N-dealkylation sites (tertiary alicyclic amines) is 1. The molecule has 1 unspecified atom stereocenters. The molecule has 2 fully saturated rings. The Morgan fingerprint density at radius 3 is 2.56 bits per heavy atom. The molecule has 2 aromatic carbocycles. The Hall–Kier alpha value is -2.37. The number of amides is 1. The second kappa shape index (κ2) is 7.71. The molecule has 0 radical (unpaired) electrons. The highest BCUT2D eigenvalue weighted by atomic mass is 16.5. The van der Waals surface area contributed by atoms with E-state index in [-0.39, 0.29) is 18.1 Å². The number of hydrogen-bond acceptors (Lipinski definition) is 4. The van der Waals surface area contributed by atoms with Gasteiger partial charge in [-0.3, -0.25) is 9.69 Å². The largest absolute Gasteiger partial charge is 0.508 e. The molecular weight excluding hydrogens is 340 g/mol. The molecule has 0 aromatic heterocycles. The predicted molar refractivity (Wildman–Crippen MR) is 105 cm³/mol. The van der Waals surface area contributed by atoms with Crippen LogP contribution in [0, 0.1) is 0 Å². The van der Waals surface area contributed by atoms with Crippen molar-refractivity contribution in [2.45, 2.75) is 31.4 Å². The van der Waals surface area contributed by atoms with Crippen LogP contribution in [0.1, 0.15) is 24.8 Å². The highest BCUT2D eigenvalue weighted by molar-refractivity contribution is 5.95. The van der Waals surface area contributed by atoms with E-state index in [0.29, 0.717) is 12.3 Å². The van der Waals surface area contributed by atoms with Crippen LogP contribution >= 0.6 is 0 Å². The second-order valence-electron chi connectivity index (χ2n) is 7.58. The number of benzene rings is 2. The first kappa shape index (κ1) is 18.0. The van der Waals surface area contributed by atoms with Gasteiger partial charge in [0, 0.05) is 18.8 Å². The van der Waals surface area contributed by atoms with Crippen LogP contribution in [0.4, 0.5) is 5.69 Å². The number of anilines is 1. The van der Waals surface area contributed by atoms with Gasteiger partial charge in [-0.1, -0.05) is 30.3 Å². The van der Waals surface area contributed by atoms with Gasteiger partial charge in [0.25, 0.3) is 5.91 Å².